The number of aryl methyl sites for hydroxylation is 1. The number of carbonyl (C=O) groups excluding carboxylic acids is 1. The summed E-state index contributed by atoms with van der Waals surface area (Å²) < 4.78 is 4.10. The van der Waals surface area contributed by atoms with Gasteiger partial charge in [0, 0.05) is 24.9 Å². The molecule has 1 aliphatic heterocycles. The number of ketones is 1. The first-order chi connectivity index (χ1) is 13.4. The maximum Gasteiger partial charge on any atom is 0.139 e. The second-order valence-electron chi connectivity index (χ2n) is 7.77. The van der Waals surface area contributed by atoms with E-state index in [4.69, 9.17) is 0 Å². The van der Waals surface area contributed by atoms with Crippen LogP contribution in [-0.2, 0) is 11.2 Å². The van der Waals surface area contributed by atoms with E-state index in [9.17, 15) is 4.79 Å². The van der Waals surface area contributed by atoms with Gasteiger partial charge in [0.05, 0.1) is 11.4 Å². The molecule has 1 fully saturated rings. The Morgan fingerprint density at radius 1 is 1.32 bits per heavy atom. The van der Waals surface area contributed by atoms with E-state index in [2.05, 4.69) is 73.4 Å². The average molecular weight is 397 g/mol. The van der Waals surface area contributed by atoms with Gasteiger partial charge in [-0.05, 0) is 63.1 Å². The van der Waals surface area contributed by atoms with Gasteiger partial charge in [0.2, 0.25) is 0 Å². The van der Waals surface area contributed by atoms with Crippen LogP contribution < -0.4 is 0 Å². The normalized spacial score (nSPS) is 17.4. The molecule has 1 unspecified atom stereocenters. The summed E-state index contributed by atoms with van der Waals surface area (Å²) in [4.78, 5) is 15.2. The number of hydrogen-bond donors (Lipinski definition) is 1. The van der Waals surface area contributed by atoms with Crippen molar-refractivity contribution in [2.24, 2.45) is 16.2 Å². The van der Waals surface area contributed by atoms with E-state index in [1.54, 1.807) is 6.08 Å². The number of allylic oxidation sites excluding steroid dienone is 3. The molecule has 4 heteroatoms. The van der Waals surface area contributed by atoms with Crippen molar-refractivity contribution in [2.75, 3.05) is 13.1 Å². The predicted molar refractivity (Wildman–Crippen MR) is 123 cm³/mol. The first-order valence-electron chi connectivity index (χ1n) is 9.92. The Balaban J connectivity index is 1.98. The molecule has 0 N–H and O–H groups in total. The number of nitrogens with zero attached hydrogens (tertiary/aromatic N) is 2. The monoisotopic (exact) mass is 396 g/mol. The van der Waals surface area contributed by atoms with Crippen molar-refractivity contribution in [1.29, 1.82) is 0 Å². The average Bonchev–Trinajstić information content (AvgIpc) is 2.69. The molecule has 0 spiro atoms. The molecule has 2 rings (SSSR count). The van der Waals surface area contributed by atoms with Crippen molar-refractivity contribution < 1.29 is 4.79 Å². The van der Waals surface area contributed by atoms with Gasteiger partial charge in [-0.15, -0.1) is 0 Å². The Morgan fingerprint density at radius 3 is 2.43 bits per heavy atom. The third-order valence-electron chi connectivity index (χ3n) is 5.41. The summed E-state index contributed by atoms with van der Waals surface area (Å²) in [5.41, 5.74) is 5.11. The topological polar surface area (TPSA) is 32.7 Å². The van der Waals surface area contributed by atoms with Crippen LogP contribution in [0.5, 0.6) is 0 Å². The molecule has 0 aromatic heterocycles. The van der Waals surface area contributed by atoms with E-state index in [-0.39, 0.29) is 11.8 Å². The summed E-state index contributed by atoms with van der Waals surface area (Å²) in [6.45, 7) is 15.5. The van der Waals surface area contributed by atoms with Crippen molar-refractivity contribution in [3.05, 3.63) is 72.0 Å². The predicted octanol–water partition coefficient (Wildman–Crippen LogP) is 5.39. The van der Waals surface area contributed by atoms with E-state index in [0.29, 0.717) is 5.78 Å². The lowest BCUT2D eigenvalue weighted by Gasteiger charge is -2.35. The Kier molecular flexibility index (Phi) is 8.31. The van der Waals surface area contributed by atoms with Gasteiger partial charge in [-0.3, -0.25) is 4.79 Å². The van der Waals surface area contributed by atoms with Gasteiger partial charge in [-0.1, -0.05) is 56.0 Å². The van der Waals surface area contributed by atoms with Crippen LogP contribution in [-0.4, -0.2) is 29.5 Å². The standard InChI is InChI=1S/C24H32N2OS/c1-6-7-22(23(25-28)17(2)3)26-14-12-21(13-15-26)24(27)19(5)16-20-10-8-18(4)9-11-20/h6-11,19,21,28H,1-2,12-16H2,3-5H3/b22-7+,25-23+. The fourth-order valence-corrected chi connectivity index (χ4v) is 4.06. The number of carbonyl (C=O) groups is 1. The van der Waals surface area contributed by atoms with Crippen molar-refractivity contribution in [3.8, 4) is 0 Å². The van der Waals surface area contributed by atoms with E-state index < -0.39 is 0 Å². The van der Waals surface area contributed by atoms with Gasteiger partial charge in [0.25, 0.3) is 0 Å². The minimum Gasteiger partial charge on any atom is -0.370 e. The highest BCUT2D eigenvalue weighted by atomic mass is 32.1. The molecular formula is C24H32N2OS. The summed E-state index contributed by atoms with van der Waals surface area (Å²) in [5.74, 6) is 0.563. The summed E-state index contributed by atoms with van der Waals surface area (Å²) >= 11 is 4.11. The van der Waals surface area contributed by atoms with Gasteiger partial charge >= 0.3 is 0 Å². The molecule has 1 aromatic carbocycles. The molecule has 1 aromatic rings. The van der Waals surface area contributed by atoms with E-state index >= 15 is 0 Å². The highest BCUT2D eigenvalue weighted by Crippen LogP contribution is 2.26. The Bertz CT molecular complexity index is 768. The number of hydrogen-bond acceptors (Lipinski definition) is 4. The number of rotatable bonds is 8. The third-order valence-corrected chi connectivity index (χ3v) is 5.61. The second-order valence-corrected chi connectivity index (χ2v) is 7.97. The van der Waals surface area contributed by atoms with Crippen molar-refractivity contribution >= 4 is 24.3 Å². The Hall–Kier alpha value is -2.07. The maximum atomic E-state index is 13.0. The zero-order valence-corrected chi connectivity index (χ0v) is 18.2. The number of Topliss-reactive ketones (excluding diaryl/α,β-unsaturated/α-hetero) is 1. The molecule has 0 amide bonds. The fourth-order valence-electron chi connectivity index (χ4n) is 3.79. The quantitative estimate of drug-likeness (QED) is 0.363. The van der Waals surface area contributed by atoms with Gasteiger partial charge < -0.3 is 4.90 Å². The second kappa shape index (κ2) is 10.5. The third kappa shape index (κ3) is 5.71. The lowest BCUT2D eigenvalue weighted by molar-refractivity contribution is -0.127. The molecular weight excluding hydrogens is 364 g/mol. The summed E-state index contributed by atoms with van der Waals surface area (Å²) in [6.07, 6.45) is 6.25. The molecule has 0 radical (unpaired) electrons. The van der Waals surface area contributed by atoms with Gasteiger partial charge in [0.1, 0.15) is 5.78 Å². The fraction of sp³-hybridized carbons (Fsp3) is 0.417. The lowest BCUT2D eigenvalue weighted by Crippen LogP contribution is -2.39. The molecule has 0 aliphatic carbocycles. The van der Waals surface area contributed by atoms with Crippen LogP contribution in [0.1, 0.15) is 37.8 Å². The summed E-state index contributed by atoms with van der Waals surface area (Å²) in [6, 6.07) is 8.48. The molecule has 1 atom stereocenters. The molecule has 28 heavy (non-hydrogen) atoms. The van der Waals surface area contributed by atoms with Gasteiger partial charge in [-0.25, -0.2) is 4.40 Å². The Morgan fingerprint density at radius 2 is 1.93 bits per heavy atom. The highest BCUT2D eigenvalue weighted by Gasteiger charge is 2.29. The van der Waals surface area contributed by atoms with Crippen LogP contribution in [0.3, 0.4) is 0 Å². The molecule has 150 valence electrons. The summed E-state index contributed by atoms with van der Waals surface area (Å²) in [7, 11) is 0. The summed E-state index contributed by atoms with van der Waals surface area (Å²) in [5, 5.41) is 0. The van der Waals surface area contributed by atoms with Crippen LogP contribution in [0.2, 0.25) is 0 Å². The Labute approximate surface area is 175 Å². The smallest absolute Gasteiger partial charge is 0.139 e. The number of benzene rings is 1. The van der Waals surface area contributed by atoms with Crippen molar-refractivity contribution in [3.63, 3.8) is 0 Å². The lowest BCUT2D eigenvalue weighted by atomic mass is 9.83. The first kappa shape index (κ1) is 22.2. The van der Waals surface area contributed by atoms with Crippen LogP contribution in [0.4, 0.5) is 0 Å². The molecule has 1 saturated heterocycles. The first-order valence-corrected chi connectivity index (χ1v) is 10.3. The van der Waals surface area contributed by atoms with Crippen molar-refractivity contribution in [2.45, 2.75) is 40.0 Å². The minimum atomic E-state index is 0.0485. The zero-order valence-electron chi connectivity index (χ0n) is 17.3. The molecule has 1 heterocycles. The molecule has 1 aliphatic rings. The van der Waals surface area contributed by atoms with Crippen LogP contribution in [0, 0.1) is 18.8 Å². The maximum absolute atomic E-state index is 13.0. The van der Waals surface area contributed by atoms with Gasteiger partial charge in [0.15, 0.2) is 0 Å². The molecule has 3 nitrogen and oxygen atoms in total. The van der Waals surface area contributed by atoms with Crippen molar-refractivity contribution in [1.82, 2.24) is 4.90 Å². The number of thiol groups is 1. The number of likely N-dealkylation sites (tertiary alicyclic amines) is 1. The van der Waals surface area contributed by atoms with Gasteiger partial charge in [-0.2, -0.15) is 0 Å². The van der Waals surface area contributed by atoms with Crippen LogP contribution in [0.15, 0.2) is 65.2 Å². The van der Waals surface area contributed by atoms with Crippen LogP contribution in [0.25, 0.3) is 0 Å². The highest BCUT2D eigenvalue weighted by molar-refractivity contribution is 7.79. The SMILES string of the molecule is C=C/C=C(\C(=N\S)C(=C)C)N1CCC(C(=O)C(C)Cc2ccc(C)cc2)CC1. The van der Waals surface area contributed by atoms with E-state index in [0.717, 1.165) is 49.3 Å². The van der Waals surface area contributed by atoms with E-state index in [1.807, 2.05) is 13.0 Å². The largest absolute Gasteiger partial charge is 0.370 e. The molecule has 0 saturated carbocycles. The minimum absolute atomic E-state index is 0.0485. The van der Waals surface area contributed by atoms with E-state index in [1.165, 1.54) is 11.1 Å². The van der Waals surface area contributed by atoms with Crippen LogP contribution >= 0.6 is 12.8 Å². The molecule has 0 bridgehead atoms. The zero-order chi connectivity index (χ0) is 20.7. The number of piperidine rings is 1.